The van der Waals surface area contributed by atoms with Crippen LogP contribution < -0.4 is 15.4 Å². The molecule has 1 aromatic carbocycles. The van der Waals surface area contributed by atoms with E-state index in [1.54, 1.807) is 19.4 Å². The van der Waals surface area contributed by atoms with Crippen molar-refractivity contribution in [3.63, 3.8) is 0 Å². The van der Waals surface area contributed by atoms with Crippen molar-refractivity contribution in [2.75, 3.05) is 24.9 Å². The summed E-state index contributed by atoms with van der Waals surface area (Å²) in [6.45, 7) is 0. The Hall–Kier alpha value is -3.11. The van der Waals surface area contributed by atoms with Crippen molar-refractivity contribution in [1.82, 2.24) is 20.4 Å². The summed E-state index contributed by atoms with van der Waals surface area (Å²) < 4.78 is 10.6. The second-order valence-corrected chi connectivity index (χ2v) is 8.61. The van der Waals surface area contributed by atoms with E-state index in [2.05, 4.69) is 31.0 Å². The Labute approximate surface area is 190 Å². The molecule has 1 amide bonds. The molecule has 10 heteroatoms. The van der Waals surface area contributed by atoms with Gasteiger partial charge in [-0.15, -0.1) is 10.2 Å². The molecule has 3 aromatic rings. The van der Waals surface area contributed by atoms with E-state index in [4.69, 9.17) is 9.47 Å². The standard InChI is InChI=1S/C22H26N6O3S/c1-30-17-6-3-5-15(13-17)19(31-2)20(29)25-22-28-27-21(32-22)24-16-10-8-14(9-11-16)18-7-4-12-23-26-18/h3-7,12-14,16,19H,8-11H2,1-2H3,(H,24,27)(H,25,28,29)/t14-,16+,19?. The molecule has 1 unspecified atom stereocenters. The second-order valence-electron chi connectivity index (χ2n) is 7.64. The fourth-order valence-corrected chi connectivity index (χ4v) is 4.67. The molecule has 2 N–H and O–H groups in total. The summed E-state index contributed by atoms with van der Waals surface area (Å²) in [5.41, 5.74) is 1.77. The molecule has 0 spiro atoms. The van der Waals surface area contributed by atoms with E-state index >= 15 is 0 Å². The molecule has 1 aliphatic rings. The lowest BCUT2D eigenvalue weighted by atomic mass is 9.84. The van der Waals surface area contributed by atoms with E-state index in [1.807, 2.05) is 30.3 Å². The molecular weight excluding hydrogens is 428 g/mol. The molecule has 0 radical (unpaired) electrons. The van der Waals surface area contributed by atoms with Crippen LogP contribution in [0.5, 0.6) is 5.75 Å². The lowest BCUT2D eigenvalue weighted by Crippen LogP contribution is -2.25. The number of anilines is 2. The third-order valence-electron chi connectivity index (χ3n) is 5.59. The van der Waals surface area contributed by atoms with Crippen LogP contribution in [0, 0.1) is 0 Å². The Morgan fingerprint density at radius 2 is 1.88 bits per heavy atom. The number of aromatic nitrogens is 4. The topological polar surface area (TPSA) is 111 Å². The van der Waals surface area contributed by atoms with Crippen molar-refractivity contribution in [1.29, 1.82) is 0 Å². The van der Waals surface area contributed by atoms with Crippen LogP contribution in [0.2, 0.25) is 0 Å². The lowest BCUT2D eigenvalue weighted by Gasteiger charge is -2.28. The normalized spacial score (nSPS) is 19.2. The number of hydrogen-bond acceptors (Lipinski definition) is 9. The fourth-order valence-electron chi connectivity index (χ4n) is 3.94. The molecule has 4 rings (SSSR count). The molecule has 0 aliphatic heterocycles. The van der Waals surface area contributed by atoms with Gasteiger partial charge in [0.2, 0.25) is 10.3 Å². The maximum Gasteiger partial charge on any atom is 0.259 e. The van der Waals surface area contributed by atoms with E-state index in [9.17, 15) is 4.79 Å². The predicted octanol–water partition coefficient (Wildman–Crippen LogP) is 3.80. The Balaban J connectivity index is 1.31. The first-order chi connectivity index (χ1) is 15.7. The van der Waals surface area contributed by atoms with Gasteiger partial charge in [0.15, 0.2) is 6.10 Å². The minimum Gasteiger partial charge on any atom is -0.497 e. The third-order valence-corrected chi connectivity index (χ3v) is 6.36. The minimum atomic E-state index is -0.776. The van der Waals surface area contributed by atoms with E-state index in [0.29, 0.717) is 33.5 Å². The highest BCUT2D eigenvalue weighted by Gasteiger charge is 2.25. The highest BCUT2D eigenvalue weighted by Crippen LogP contribution is 2.33. The van der Waals surface area contributed by atoms with Gasteiger partial charge in [0.1, 0.15) is 5.75 Å². The summed E-state index contributed by atoms with van der Waals surface area (Å²) in [7, 11) is 3.08. The maximum atomic E-state index is 12.7. The highest BCUT2D eigenvalue weighted by molar-refractivity contribution is 7.19. The molecule has 0 bridgehead atoms. The first-order valence-corrected chi connectivity index (χ1v) is 11.3. The van der Waals surface area contributed by atoms with Crippen LogP contribution >= 0.6 is 11.3 Å². The monoisotopic (exact) mass is 454 g/mol. The number of benzene rings is 1. The number of amides is 1. The number of carbonyl (C=O) groups excluding carboxylic acids is 1. The van der Waals surface area contributed by atoms with Crippen molar-refractivity contribution in [3.05, 3.63) is 53.9 Å². The summed E-state index contributed by atoms with van der Waals surface area (Å²) in [6.07, 6.45) is 5.06. The predicted molar refractivity (Wildman–Crippen MR) is 122 cm³/mol. The second kappa shape index (κ2) is 10.5. The zero-order valence-corrected chi connectivity index (χ0v) is 18.8. The van der Waals surface area contributed by atoms with E-state index in [-0.39, 0.29) is 5.91 Å². The average Bonchev–Trinajstić information content (AvgIpc) is 3.27. The number of ether oxygens (including phenoxy) is 2. The summed E-state index contributed by atoms with van der Waals surface area (Å²) in [4.78, 5) is 12.7. The first kappa shape index (κ1) is 22.1. The Morgan fingerprint density at radius 1 is 1.06 bits per heavy atom. The molecule has 32 heavy (non-hydrogen) atoms. The lowest BCUT2D eigenvalue weighted by molar-refractivity contribution is -0.126. The van der Waals surface area contributed by atoms with Crippen LogP contribution in [-0.4, -0.2) is 46.6 Å². The Bertz CT molecular complexity index is 1020. The van der Waals surface area contributed by atoms with Gasteiger partial charge in [0.05, 0.1) is 12.8 Å². The fraction of sp³-hybridized carbons (Fsp3) is 0.409. The largest absolute Gasteiger partial charge is 0.497 e. The molecular formula is C22H26N6O3S. The minimum absolute atomic E-state index is 0.312. The van der Waals surface area contributed by atoms with E-state index in [0.717, 1.165) is 31.4 Å². The summed E-state index contributed by atoms with van der Waals surface area (Å²) in [5.74, 6) is 0.801. The number of carbonyl (C=O) groups is 1. The average molecular weight is 455 g/mol. The summed E-state index contributed by atoms with van der Waals surface area (Å²) in [5, 5.41) is 23.9. The van der Waals surface area contributed by atoms with Gasteiger partial charge in [-0.1, -0.05) is 23.5 Å². The van der Waals surface area contributed by atoms with Gasteiger partial charge < -0.3 is 14.8 Å². The maximum absolute atomic E-state index is 12.7. The zero-order chi connectivity index (χ0) is 22.3. The molecule has 2 aromatic heterocycles. The van der Waals surface area contributed by atoms with Crippen molar-refractivity contribution in [2.45, 2.75) is 43.7 Å². The zero-order valence-electron chi connectivity index (χ0n) is 18.0. The van der Waals surface area contributed by atoms with Crippen LogP contribution in [0.3, 0.4) is 0 Å². The summed E-state index contributed by atoms with van der Waals surface area (Å²) in [6, 6.07) is 11.5. The van der Waals surface area contributed by atoms with E-state index < -0.39 is 6.10 Å². The quantitative estimate of drug-likeness (QED) is 0.529. The Morgan fingerprint density at radius 3 is 2.59 bits per heavy atom. The van der Waals surface area contributed by atoms with Gasteiger partial charge >= 0.3 is 0 Å². The molecule has 1 saturated carbocycles. The van der Waals surface area contributed by atoms with E-state index in [1.165, 1.54) is 18.4 Å². The third kappa shape index (κ3) is 5.38. The SMILES string of the molecule is COc1cccc(C(OC)C(=O)Nc2nnc(N[C@H]3CC[C@@H](c4cccnn4)CC3)s2)c1. The van der Waals surface area contributed by atoms with Crippen LogP contribution in [0.1, 0.15) is 49.0 Å². The van der Waals surface area contributed by atoms with Gasteiger partial charge in [-0.05, 0) is 55.5 Å². The van der Waals surface area contributed by atoms with Crippen LogP contribution in [0.4, 0.5) is 10.3 Å². The number of hydrogen-bond donors (Lipinski definition) is 2. The first-order valence-electron chi connectivity index (χ1n) is 10.5. The molecule has 2 heterocycles. The molecule has 0 saturated heterocycles. The van der Waals surface area contributed by atoms with Gasteiger partial charge in [-0.3, -0.25) is 10.1 Å². The van der Waals surface area contributed by atoms with Crippen molar-refractivity contribution in [2.24, 2.45) is 0 Å². The molecule has 168 valence electrons. The number of rotatable bonds is 8. The van der Waals surface area contributed by atoms with Gasteiger partial charge in [0, 0.05) is 25.3 Å². The van der Waals surface area contributed by atoms with Crippen molar-refractivity contribution in [3.8, 4) is 5.75 Å². The molecule has 1 aliphatic carbocycles. The van der Waals surface area contributed by atoms with Gasteiger partial charge in [0.25, 0.3) is 5.91 Å². The molecule has 9 nitrogen and oxygen atoms in total. The Kier molecular flexibility index (Phi) is 7.23. The number of nitrogens with zero attached hydrogens (tertiary/aromatic N) is 4. The van der Waals surface area contributed by atoms with Crippen molar-refractivity contribution < 1.29 is 14.3 Å². The summed E-state index contributed by atoms with van der Waals surface area (Å²) >= 11 is 1.31. The van der Waals surface area contributed by atoms with Gasteiger partial charge in [-0.2, -0.15) is 10.2 Å². The van der Waals surface area contributed by atoms with Crippen LogP contribution in [0.15, 0.2) is 42.6 Å². The molecule has 1 atom stereocenters. The van der Waals surface area contributed by atoms with Gasteiger partial charge in [-0.25, -0.2) is 0 Å². The smallest absolute Gasteiger partial charge is 0.259 e. The molecule has 1 fully saturated rings. The highest BCUT2D eigenvalue weighted by atomic mass is 32.1. The number of methoxy groups -OCH3 is 2. The van der Waals surface area contributed by atoms with Crippen molar-refractivity contribution >= 4 is 27.5 Å². The number of nitrogens with one attached hydrogen (secondary N) is 2. The van der Waals surface area contributed by atoms with Crippen LogP contribution in [-0.2, 0) is 9.53 Å². The van der Waals surface area contributed by atoms with Crippen LogP contribution in [0.25, 0.3) is 0 Å².